The average molecular weight is 336 g/mol. The maximum absolute atomic E-state index is 12.1. The summed E-state index contributed by atoms with van der Waals surface area (Å²) in [7, 11) is -2.97. The van der Waals surface area contributed by atoms with E-state index in [1.165, 1.54) is 5.56 Å². The first-order valence-electron chi connectivity index (χ1n) is 7.85. The minimum atomic E-state index is -2.97. The van der Waals surface area contributed by atoms with Crippen molar-refractivity contribution in [3.8, 4) is 0 Å². The van der Waals surface area contributed by atoms with Crippen molar-refractivity contribution in [1.82, 2.24) is 10.2 Å². The highest BCUT2D eigenvalue weighted by Crippen LogP contribution is 2.11. The number of hydrogen-bond donors (Lipinski definition) is 1. The van der Waals surface area contributed by atoms with Gasteiger partial charge in [-0.15, -0.1) is 6.58 Å². The molecule has 1 unspecified atom stereocenters. The van der Waals surface area contributed by atoms with E-state index in [9.17, 15) is 13.2 Å². The SMILES string of the molecule is C=CCN(CCc1ccccc1)CC(=O)NC1CCS(=O)(=O)C1. The van der Waals surface area contributed by atoms with E-state index in [2.05, 4.69) is 24.0 Å². The summed E-state index contributed by atoms with van der Waals surface area (Å²) in [6.45, 7) is 5.38. The molecule has 0 bridgehead atoms. The summed E-state index contributed by atoms with van der Waals surface area (Å²) >= 11 is 0. The third-order valence-electron chi connectivity index (χ3n) is 3.91. The summed E-state index contributed by atoms with van der Waals surface area (Å²) in [5.74, 6) is 0.106. The van der Waals surface area contributed by atoms with Crippen molar-refractivity contribution in [2.24, 2.45) is 0 Å². The minimum Gasteiger partial charge on any atom is -0.351 e. The molecule has 0 spiro atoms. The Balaban J connectivity index is 1.81. The Morgan fingerprint density at radius 1 is 1.35 bits per heavy atom. The Morgan fingerprint density at radius 2 is 2.09 bits per heavy atom. The molecule has 126 valence electrons. The van der Waals surface area contributed by atoms with Crippen LogP contribution in [0.4, 0.5) is 0 Å². The molecule has 1 heterocycles. The van der Waals surface area contributed by atoms with Crippen LogP contribution in [-0.2, 0) is 21.1 Å². The minimum absolute atomic E-state index is 0.0597. The van der Waals surface area contributed by atoms with Crippen LogP contribution in [0.2, 0.25) is 0 Å². The van der Waals surface area contributed by atoms with Crippen LogP contribution in [-0.4, -0.2) is 56.4 Å². The van der Waals surface area contributed by atoms with Gasteiger partial charge in [-0.3, -0.25) is 9.69 Å². The normalized spacial score (nSPS) is 19.6. The summed E-state index contributed by atoms with van der Waals surface area (Å²) in [4.78, 5) is 14.1. The van der Waals surface area contributed by atoms with Gasteiger partial charge >= 0.3 is 0 Å². The van der Waals surface area contributed by atoms with Gasteiger partial charge in [0, 0.05) is 19.1 Å². The predicted molar refractivity (Wildman–Crippen MR) is 92.0 cm³/mol. The van der Waals surface area contributed by atoms with Crippen LogP contribution >= 0.6 is 0 Å². The largest absolute Gasteiger partial charge is 0.351 e. The number of carbonyl (C=O) groups excluding carboxylic acids is 1. The third-order valence-corrected chi connectivity index (χ3v) is 5.68. The molecular formula is C17H24N2O3S. The van der Waals surface area contributed by atoms with Crippen LogP contribution in [0.15, 0.2) is 43.0 Å². The summed E-state index contributed by atoms with van der Waals surface area (Å²) in [6.07, 6.45) is 3.15. The Hall–Kier alpha value is -1.66. The second kappa shape index (κ2) is 8.26. The average Bonchev–Trinajstić information content (AvgIpc) is 2.85. The van der Waals surface area contributed by atoms with Gasteiger partial charge in [0.15, 0.2) is 9.84 Å². The zero-order chi connectivity index (χ0) is 16.7. The molecule has 1 saturated heterocycles. The van der Waals surface area contributed by atoms with Gasteiger partial charge in [0.2, 0.25) is 5.91 Å². The van der Waals surface area contributed by atoms with Crippen LogP contribution in [0, 0.1) is 0 Å². The molecule has 1 atom stereocenters. The molecule has 1 amide bonds. The molecular weight excluding hydrogens is 312 g/mol. The molecule has 0 saturated carbocycles. The third kappa shape index (κ3) is 6.15. The lowest BCUT2D eigenvalue weighted by Crippen LogP contribution is -2.43. The van der Waals surface area contributed by atoms with Crippen molar-refractivity contribution in [2.75, 3.05) is 31.1 Å². The fourth-order valence-corrected chi connectivity index (χ4v) is 4.41. The van der Waals surface area contributed by atoms with Crippen LogP contribution in [0.5, 0.6) is 0 Å². The Labute approximate surface area is 138 Å². The van der Waals surface area contributed by atoms with Crippen LogP contribution in [0.25, 0.3) is 0 Å². The molecule has 6 heteroatoms. The number of rotatable bonds is 8. The van der Waals surface area contributed by atoms with E-state index in [0.29, 0.717) is 13.0 Å². The van der Waals surface area contributed by atoms with Crippen molar-refractivity contribution in [3.05, 3.63) is 48.6 Å². The van der Waals surface area contributed by atoms with E-state index >= 15 is 0 Å². The molecule has 23 heavy (non-hydrogen) atoms. The van der Waals surface area contributed by atoms with Gasteiger partial charge in [-0.2, -0.15) is 0 Å². The summed E-state index contributed by atoms with van der Waals surface area (Å²) in [6, 6.07) is 9.87. The number of amides is 1. The van der Waals surface area contributed by atoms with Gasteiger partial charge in [-0.25, -0.2) is 8.42 Å². The fraction of sp³-hybridized carbons (Fsp3) is 0.471. The van der Waals surface area contributed by atoms with Crippen molar-refractivity contribution >= 4 is 15.7 Å². The number of sulfone groups is 1. The smallest absolute Gasteiger partial charge is 0.234 e. The maximum atomic E-state index is 12.1. The first-order valence-corrected chi connectivity index (χ1v) is 9.67. The monoisotopic (exact) mass is 336 g/mol. The molecule has 1 aromatic carbocycles. The number of carbonyl (C=O) groups is 1. The lowest BCUT2D eigenvalue weighted by molar-refractivity contribution is -0.122. The highest BCUT2D eigenvalue weighted by molar-refractivity contribution is 7.91. The molecule has 5 nitrogen and oxygen atoms in total. The molecule has 0 aromatic heterocycles. The molecule has 1 N–H and O–H groups in total. The van der Waals surface area contributed by atoms with E-state index in [4.69, 9.17) is 0 Å². The molecule has 1 fully saturated rings. The van der Waals surface area contributed by atoms with Gasteiger partial charge in [-0.1, -0.05) is 36.4 Å². The molecule has 1 aliphatic rings. The maximum Gasteiger partial charge on any atom is 0.234 e. The van der Waals surface area contributed by atoms with E-state index in [0.717, 1.165) is 13.0 Å². The first-order chi connectivity index (χ1) is 11.0. The van der Waals surface area contributed by atoms with Gasteiger partial charge in [0.1, 0.15) is 0 Å². The summed E-state index contributed by atoms with van der Waals surface area (Å²) in [5.41, 5.74) is 1.23. The predicted octanol–water partition coefficient (Wildman–Crippen LogP) is 1.02. The van der Waals surface area contributed by atoms with Gasteiger partial charge in [0.25, 0.3) is 0 Å². The van der Waals surface area contributed by atoms with Crippen LogP contribution in [0.1, 0.15) is 12.0 Å². The highest BCUT2D eigenvalue weighted by Gasteiger charge is 2.29. The fourth-order valence-electron chi connectivity index (χ4n) is 2.73. The Bertz CT molecular complexity index is 628. The van der Waals surface area contributed by atoms with Gasteiger partial charge < -0.3 is 5.32 Å². The van der Waals surface area contributed by atoms with E-state index < -0.39 is 9.84 Å². The molecule has 0 radical (unpaired) electrons. The molecule has 2 rings (SSSR count). The van der Waals surface area contributed by atoms with E-state index in [1.807, 2.05) is 23.1 Å². The summed E-state index contributed by atoms with van der Waals surface area (Å²) in [5, 5.41) is 2.83. The van der Waals surface area contributed by atoms with Crippen molar-refractivity contribution in [2.45, 2.75) is 18.9 Å². The number of benzene rings is 1. The first kappa shape index (κ1) is 17.7. The second-order valence-electron chi connectivity index (χ2n) is 5.93. The number of hydrogen-bond acceptors (Lipinski definition) is 4. The lowest BCUT2D eigenvalue weighted by Gasteiger charge is -2.21. The number of nitrogens with zero attached hydrogens (tertiary/aromatic N) is 1. The topological polar surface area (TPSA) is 66.5 Å². The molecule has 0 aliphatic carbocycles. The van der Waals surface area contributed by atoms with Crippen molar-refractivity contribution in [3.63, 3.8) is 0 Å². The quantitative estimate of drug-likeness (QED) is 0.720. The van der Waals surface area contributed by atoms with Gasteiger partial charge in [-0.05, 0) is 18.4 Å². The van der Waals surface area contributed by atoms with Crippen molar-refractivity contribution in [1.29, 1.82) is 0 Å². The Morgan fingerprint density at radius 3 is 2.70 bits per heavy atom. The summed E-state index contributed by atoms with van der Waals surface area (Å²) < 4.78 is 22.9. The second-order valence-corrected chi connectivity index (χ2v) is 8.16. The van der Waals surface area contributed by atoms with Crippen molar-refractivity contribution < 1.29 is 13.2 Å². The van der Waals surface area contributed by atoms with E-state index in [-0.39, 0.29) is 30.0 Å². The number of nitrogens with one attached hydrogen (secondary N) is 1. The lowest BCUT2D eigenvalue weighted by atomic mass is 10.1. The highest BCUT2D eigenvalue weighted by atomic mass is 32.2. The molecule has 1 aliphatic heterocycles. The zero-order valence-electron chi connectivity index (χ0n) is 13.3. The van der Waals surface area contributed by atoms with Gasteiger partial charge in [0.05, 0.1) is 18.1 Å². The molecule has 1 aromatic rings. The van der Waals surface area contributed by atoms with Crippen LogP contribution in [0.3, 0.4) is 0 Å². The van der Waals surface area contributed by atoms with E-state index in [1.54, 1.807) is 6.08 Å². The standard InChI is InChI=1S/C17H24N2O3S/c1-2-10-19(11-8-15-6-4-3-5-7-15)13-17(20)18-16-9-12-23(21,22)14-16/h2-7,16H,1,8-14H2,(H,18,20). The Kier molecular flexibility index (Phi) is 6.36. The van der Waals surface area contributed by atoms with Crippen LogP contribution < -0.4 is 5.32 Å². The zero-order valence-corrected chi connectivity index (χ0v) is 14.1.